The summed E-state index contributed by atoms with van der Waals surface area (Å²) < 4.78 is 33.5. The second kappa shape index (κ2) is 5.81. The van der Waals surface area contributed by atoms with Gasteiger partial charge in [-0.1, -0.05) is 0 Å². The van der Waals surface area contributed by atoms with Crippen molar-refractivity contribution in [3.8, 4) is 11.5 Å². The van der Waals surface area contributed by atoms with Crippen molar-refractivity contribution < 1.29 is 17.3 Å². The van der Waals surface area contributed by atoms with Crippen LogP contribution in [0.1, 0.15) is 6.92 Å². The van der Waals surface area contributed by atoms with E-state index < -0.39 is 10.1 Å². The summed E-state index contributed by atoms with van der Waals surface area (Å²) in [7, 11) is -3.67. The Morgan fingerprint density at radius 3 is 2.42 bits per heavy atom. The highest BCUT2D eigenvalue weighted by Gasteiger charge is 2.13. The SMILES string of the molecule is CCOS(=O)(=O)c1ccc(Oc2cccnc2)cc1. The molecule has 2 rings (SSSR count). The van der Waals surface area contributed by atoms with Gasteiger partial charge in [-0.15, -0.1) is 0 Å². The summed E-state index contributed by atoms with van der Waals surface area (Å²) in [4.78, 5) is 4.03. The maximum Gasteiger partial charge on any atom is 0.296 e. The highest BCUT2D eigenvalue weighted by molar-refractivity contribution is 7.86. The molecule has 100 valence electrons. The Morgan fingerprint density at radius 2 is 1.84 bits per heavy atom. The van der Waals surface area contributed by atoms with Crippen molar-refractivity contribution in [3.63, 3.8) is 0 Å². The third kappa shape index (κ3) is 3.52. The Balaban J connectivity index is 2.15. The van der Waals surface area contributed by atoms with E-state index in [1.807, 2.05) is 0 Å². The van der Waals surface area contributed by atoms with E-state index in [2.05, 4.69) is 4.98 Å². The molecule has 0 saturated heterocycles. The van der Waals surface area contributed by atoms with Crippen LogP contribution in [0.3, 0.4) is 0 Å². The largest absolute Gasteiger partial charge is 0.456 e. The summed E-state index contributed by atoms with van der Waals surface area (Å²) in [6.07, 6.45) is 3.22. The van der Waals surface area contributed by atoms with Crippen molar-refractivity contribution in [2.75, 3.05) is 6.61 Å². The first kappa shape index (κ1) is 13.5. The lowest BCUT2D eigenvalue weighted by molar-refractivity contribution is 0.338. The maximum atomic E-state index is 11.6. The van der Waals surface area contributed by atoms with E-state index in [9.17, 15) is 8.42 Å². The number of nitrogens with zero attached hydrogens (tertiary/aromatic N) is 1. The number of aromatic nitrogens is 1. The second-order valence-electron chi connectivity index (χ2n) is 3.62. The zero-order valence-electron chi connectivity index (χ0n) is 10.3. The molecule has 5 nitrogen and oxygen atoms in total. The maximum absolute atomic E-state index is 11.6. The third-order valence-electron chi connectivity index (χ3n) is 2.26. The van der Waals surface area contributed by atoms with E-state index in [-0.39, 0.29) is 11.5 Å². The minimum absolute atomic E-state index is 0.105. The van der Waals surface area contributed by atoms with Crippen molar-refractivity contribution in [2.24, 2.45) is 0 Å². The molecule has 0 atom stereocenters. The molecule has 19 heavy (non-hydrogen) atoms. The van der Waals surface area contributed by atoms with Gasteiger partial charge in [-0.3, -0.25) is 9.17 Å². The van der Waals surface area contributed by atoms with Gasteiger partial charge in [-0.05, 0) is 43.3 Å². The Morgan fingerprint density at radius 1 is 1.11 bits per heavy atom. The van der Waals surface area contributed by atoms with Gasteiger partial charge in [0.2, 0.25) is 0 Å². The fourth-order valence-corrected chi connectivity index (χ4v) is 2.36. The molecule has 1 aromatic heterocycles. The normalized spacial score (nSPS) is 11.2. The lowest BCUT2D eigenvalue weighted by atomic mass is 10.3. The van der Waals surface area contributed by atoms with Crippen LogP contribution in [0.15, 0.2) is 53.7 Å². The summed E-state index contributed by atoms with van der Waals surface area (Å²) in [5, 5.41) is 0. The second-order valence-corrected chi connectivity index (χ2v) is 5.24. The molecule has 0 unspecified atom stereocenters. The predicted molar refractivity (Wildman–Crippen MR) is 69.6 cm³/mol. The van der Waals surface area contributed by atoms with E-state index in [1.54, 1.807) is 43.6 Å². The van der Waals surface area contributed by atoms with Crippen molar-refractivity contribution in [1.82, 2.24) is 4.98 Å². The molecule has 0 aliphatic carbocycles. The number of rotatable bonds is 5. The lowest BCUT2D eigenvalue weighted by Gasteiger charge is -2.06. The van der Waals surface area contributed by atoms with E-state index >= 15 is 0 Å². The Kier molecular flexibility index (Phi) is 4.13. The van der Waals surface area contributed by atoms with E-state index in [1.165, 1.54) is 12.1 Å². The Labute approximate surface area is 111 Å². The topological polar surface area (TPSA) is 65.5 Å². The van der Waals surface area contributed by atoms with Crippen molar-refractivity contribution >= 4 is 10.1 Å². The van der Waals surface area contributed by atoms with Gasteiger partial charge >= 0.3 is 0 Å². The predicted octanol–water partition coefficient (Wildman–Crippen LogP) is 2.60. The summed E-state index contributed by atoms with van der Waals surface area (Å²) in [5.74, 6) is 1.12. The van der Waals surface area contributed by atoms with E-state index in [0.717, 1.165) is 0 Å². The first-order chi connectivity index (χ1) is 9.12. The average molecular weight is 279 g/mol. The minimum atomic E-state index is -3.67. The molecular weight excluding hydrogens is 266 g/mol. The molecule has 0 fully saturated rings. The van der Waals surface area contributed by atoms with Crippen LogP contribution in [0.25, 0.3) is 0 Å². The molecule has 1 heterocycles. The Bertz CT molecular complexity index is 623. The molecule has 0 amide bonds. The van der Waals surface area contributed by atoms with Crippen LogP contribution in [0.2, 0.25) is 0 Å². The van der Waals surface area contributed by atoms with E-state index in [4.69, 9.17) is 8.92 Å². The fourth-order valence-electron chi connectivity index (χ4n) is 1.44. The molecule has 0 aliphatic heterocycles. The van der Waals surface area contributed by atoms with Crippen LogP contribution in [0.4, 0.5) is 0 Å². The minimum Gasteiger partial charge on any atom is -0.456 e. The molecule has 1 aromatic carbocycles. The first-order valence-corrected chi connectivity index (χ1v) is 7.10. The number of benzene rings is 1. The van der Waals surface area contributed by atoms with Gasteiger partial charge < -0.3 is 4.74 Å². The standard InChI is InChI=1S/C13H13NO4S/c1-2-17-19(15,16)13-7-5-11(6-8-13)18-12-4-3-9-14-10-12/h3-10H,2H2,1H3. The molecule has 0 radical (unpaired) electrons. The zero-order valence-corrected chi connectivity index (χ0v) is 11.1. The van der Waals surface area contributed by atoms with Crippen LogP contribution in [-0.2, 0) is 14.3 Å². The van der Waals surface area contributed by atoms with Gasteiger partial charge in [-0.2, -0.15) is 8.42 Å². The van der Waals surface area contributed by atoms with Crippen LogP contribution < -0.4 is 4.74 Å². The van der Waals surface area contributed by atoms with Gasteiger partial charge in [0, 0.05) is 6.20 Å². The molecule has 0 N–H and O–H groups in total. The number of hydrogen-bond acceptors (Lipinski definition) is 5. The van der Waals surface area contributed by atoms with Gasteiger partial charge in [0.15, 0.2) is 0 Å². The molecule has 2 aromatic rings. The third-order valence-corrected chi connectivity index (χ3v) is 3.65. The molecule has 0 bridgehead atoms. The van der Waals surface area contributed by atoms with Crippen molar-refractivity contribution in [2.45, 2.75) is 11.8 Å². The monoisotopic (exact) mass is 279 g/mol. The highest BCUT2D eigenvalue weighted by Crippen LogP contribution is 2.22. The lowest BCUT2D eigenvalue weighted by Crippen LogP contribution is -2.05. The zero-order chi connectivity index (χ0) is 13.7. The van der Waals surface area contributed by atoms with Crippen LogP contribution in [0, 0.1) is 0 Å². The fraction of sp³-hybridized carbons (Fsp3) is 0.154. The van der Waals surface area contributed by atoms with Crippen LogP contribution >= 0.6 is 0 Å². The average Bonchev–Trinajstić information content (AvgIpc) is 2.40. The highest BCUT2D eigenvalue weighted by atomic mass is 32.2. The summed E-state index contributed by atoms with van der Waals surface area (Å²) in [6, 6.07) is 9.53. The smallest absolute Gasteiger partial charge is 0.296 e. The van der Waals surface area contributed by atoms with Crippen LogP contribution in [0.5, 0.6) is 11.5 Å². The molecule has 0 saturated carbocycles. The van der Waals surface area contributed by atoms with Crippen molar-refractivity contribution in [1.29, 1.82) is 0 Å². The molecule has 0 aliphatic rings. The number of hydrogen-bond donors (Lipinski definition) is 0. The van der Waals surface area contributed by atoms with E-state index in [0.29, 0.717) is 11.5 Å². The molecule has 6 heteroatoms. The van der Waals surface area contributed by atoms with Crippen LogP contribution in [-0.4, -0.2) is 20.0 Å². The van der Waals surface area contributed by atoms with Gasteiger partial charge in [0.1, 0.15) is 11.5 Å². The van der Waals surface area contributed by atoms with Gasteiger partial charge in [0.05, 0.1) is 17.7 Å². The van der Waals surface area contributed by atoms with Gasteiger partial charge in [0.25, 0.3) is 10.1 Å². The number of ether oxygens (including phenoxy) is 1. The summed E-state index contributed by atoms with van der Waals surface area (Å²) >= 11 is 0. The molecule has 0 spiro atoms. The number of pyridine rings is 1. The Hall–Kier alpha value is -1.92. The first-order valence-electron chi connectivity index (χ1n) is 5.69. The summed E-state index contributed by atoms with van der Waals surface area (Å²) in [5.41, 5.74) is 0. The summed E-state index contributed by atoms with van der Waals surface area (Å²) in [6.45, 7) is 1.73. The molecular formula is C13H13NO4S. The van der Waals surface area contributed by atoms with Gasteiger partial charge in [-0.25, -0.2) is 0 Å². The quantitative estimate of drug-likeness (QED) is 0.787. The van der Waals surface area contributed by atoms with Crippen molar-refractivity contribution in [3.05, 3.63) is 48.8 Å².